The first kappa shape index (κ1) is 15.2. The molecule has 2 aliphatic rings. The maximum absolute atomic E-state index is 12.8. The molecule has 2 amide bonds. The number of hydrogen-bond donors (Lipinski definition) is 1. The Morgan fingerprint density at radius 2 is 1.91 bits per heavy atom. The Morgan fingerprint density at radius 3 is 2.59 bits per heavy atom. The Morgan fingerprint density at radius 1 is 1.23 bits per heavy atom. The molecule has 1 aromatic rings. The molecule has 0 spiro atoms. The second-order valence-corrected chi connectivity index (χ2v) is 7.37. The normalized spacial score (nSPS) is 22.3. The maximum atomic E-state index is 12.8. The van der Waals surface area contributed by atoms with E-state index in [0.29, 0.717) is 37.7 Å². The van der Waals surface area contributed by atoms with Crippen molar-refractivity contribution >= 4 is 29.4 Å². The monoisotopic (exact) mass is 320 g/mol. The highest BCUT2D eigenvalue weighted by atomic mass is 32.2. The van der Waals surface area contributed by atoms with Crippen LogP contribution in [-0.2, 0) is 4.79 Å². The average Bonchev–Trinajstić information content (AvgIpc) is 2.53. The number of urea groups is 1. The Labute approximate surface area is 134 Å². The van der Waals surface area contributed by atoms with Crippen LogP contribution in [0.1, 0.15) is 19.8 Å². The second-order valence-electron chi connectivity index (χ2n) is 5.89. The number of piperidine rings is 1. The van der Waals surface area contributed by atoms with Crippen molar-refractivity contribution < 1.29 is 14.7 Å². The first-order chi connectivity index (χ1) is 10.6. The summed E-state index contributed by atoms with van der Waals surface area (Å²) < 4.78 is 0. The lowest BCUT2D eigenvalue weighted by molar-refractivity contribution is -0.143. The van der Waals surface area contributed by atoms with Crippen LogP contribution in [0.2, 0.25) is 0 Å². The number of amides is 2. The molecular formula is C16H20N2O3S. The largest absolute Gasteiger partial charge is 0.481 e. The minimum absolute atomic E-state index is 0.00318. The Balaban J connectivity index is 1.74. The number of carboxylic acids is 1. The van der Waals surface area contributed by atoms with Crippen molar-refractivity contribution in [2.75, 3.05) is 24.5 Å². The number of benzene rings is 1. The van der Waals surface area contributed by atoms with Crippen LogP contribution in [0.4, 0.5) is 10.5 Å². The summed E-state index contributed by atoms with van der Waals surface area (Å²) in [5.74, 6) is -1.06. The summed E-state index contributed by atoms with van der Waals surface area (Å²) in [4.78, 5) is 28.6. The lowest BCUT2D eigenvalue weighted by Gasteiger charge is -2.38. The number of para-hydroxylation sites is 1. The van der Waals surface area contributed by atoms with Gasteiger partial charge in [0.25, 0.3) is 0 Å². The summed E-state index contributed by atoms with van der Waals surface area (Å²) in [6, 6.07) is 7.98. The number of anilines is 1. The number of carbonyl (C=O) groups is 2. The Kier molecular flexibility index (Phi) is 4.29. The van der Waals surface area contributed by atoms with Gasteiger partial charge in [0.1, 0.15) is 0 Å². The SMILES string of the molecule is CC1CN(C(=O)N2CCC(C(=O)O)CC2)c2ccccc2S1. The van der Waals surface area contributed by atoms with Gasteiger partial charge in [0.05, 0.1) is 11.6 Å². The van der Waals surface area contributed by atoms with Gasteiger partial charge in [-0.2, -0.15) is 0 Å². The van der Waals surface area contributed by atoms with Crippen molar-refractivity contribution in [1.82, 2.24) is 4.90 Å². The highest BCUT2D eigenvalue weighted by Gasteiger charge is 2.33. The first-order valence-electron chi connectivity index (χ1n) is 7.61. The highest BCUT2D eigenvalue weighted by molar-refractivity contribution is 8.00. The number of thioether (sulfide) groups is 1. The van der Waals surface area contributed by atoms with Crippen LogP contribution >= 0.6 is 11.8 Å². The van der Waals surface area contributed by atoms with Crippen molar-refractivity contribution in [3.8, 4) is 0 Å². The third kappa shape index (κ3) is 2.92. The number of aliphatic carboxylic acids is 1. The van der Waals surface area contributed by atoms with E-state index < -0.39 is 5.97 Å². The third-order valence-corrected chi connectivity index (χ3v) is 5.42. The number of likely N-dealkylation sites (tertiary alicyclic amines) is 1. The topological polar surface area (TPSA) is 60.9 Å². The number of hydrogen-bond acceptors (Lipinski definition) is 3. The number of fused-ring (bicyclic) bond motifs is 1. The number of nitrogens with zero attached hydrogens (tertiary/aromatic N) is 2. The molecule has 22 heavy (non-hydrogen) atoms. The van der Waals surface area contributed by atoms with Gasteiger partial charge >= 0.3 is 12.0 Å². The Bertz CT molecular complexity index is 585. The van der Waals surface area contributed by atoms with E-state index in [4.69, 9.17) is 5.11 Å². The van der Waals surface area contributed by atoms with Gasteiger partial charge in [0.2, 0.25) is 0 Å². The van der Waals surface area contributed by atoms with Crippen molar-refractivity contribution in [1.29, 1.82) is 0 Å². The zero-order valence-electron chi connectivity index (χ0n) is 12.6. The van der Waals surface area contributed by atoms with E-state index >= 15 is 0 Å². The fraction of sp³-hybridized carbons (Fsp3) is 0.500. The van der Waals surface area contributed by atoms with Gasteiger partial charge in [0.15, 0.2) is 0 Å². The zero-order chi connectivity index (χ0) is 15.7. The molecule has 3 rings (SSSR count). The van der Waals surface area contributed by atoms with E-state index in [0.717, 1.165) is 10.6 Å². The highest BCUT2D eigenvalue weighted by Crippen LogP contribution is 2.38. The number of carbonyl (C=O) groups excluding carboxylic acids is 1. The summed E-state index contributed by atoms with van der Waals surface area (Å²) in [5.41, 5.74) is 0.968. The molecule has 6 heteroatoms. The quantitative estimate of drug-likeness (QED) is 0.864. The molecule has 1 atom stereocenters. The van der Waals surface area contributed by atoms with E-state index in [1.165, 1.54) is 0 Å². The second kappa shape index (κ2) is 6.20. The van der Waals surface area contributed by atoms with Crippen LogP contribution in [0.15, 0.2) is 29.2 Å². The van der Waals surface area contributed by atoms with E-state index in [-0.39, 0.29) is 11.9 Å². The van der Waals surface area contributed by atoms with Gasteiger partial charge in [-0.1, -0.05) is 19.1 Å². The van der Waals surface area contributed by atoms with Crippen LogP contribution in [0.25, 0.3) is 0 Å². The van der Waals surface area contributed by atoms with Gasteiger partial charge in [0, 0.05) is 29.8 Å². The predicted molar refractivity (Wildman–Crippen MR) is 86.4 cm³/mol. The lowest BCUT2D eigenvalue weighted by atomic mass is 9.97. The van der Waals surface area contributed by atoms with E-state index in [9.17, 15) is 9.59 Å². The van der Waals surface area contributed by atoms with Gasteiger partial charge in [-0.05, 0) is 25.0 Å². The summed E-state index contributed by atoms with van der Waals surface area (Å²) in [5, 5.41) is 9.42. The molecule has 0 aromatic heterocycles. The van der Waals surface area contributed by atoms with Gasteiger partial charge < -0.3 is 10.0 Å². The maximum Gasteiger partial charge on any atom is 0.324 e. The molecule has 1 saturated heterocycles. The standard InChI is InChI=1S/C16H20N2O3S/c1-11-10-18(13-4-2-3-5-14(13)22-11)16(21)17-8-6-12(7-9-17)15(19)20/h2-5,11-12H,6-10H2,1H3,(H,19,20). The molecule has 118 valence electrons. The van der Waals surface area contributed by atoms with Crippen molar-refractivity contribution in [2.24, 2.45) is 5.92 Å². The molecule has 1 unspecified atom stereocenters. The van der Waals surface area contributed by atoms with E-state index in [1.807, 2.05) is 29.2 Å². The summed E-state index contributed by atoms with van der Waals surface area (Å²) in [6.45, 7) is 3.86. The minimum Gasteiger partial charge on any atom is -0.481 e. The van der Waals surface area contributed by atoms with Crippen LogP contribution in [0.3, 0.4) is 0 Å². The molecule has 0 radical (unpaired) electrons. The van der Waals surface area contributed by atoms with E-state index in [2.05, 4.69) is 6.92 Å². The Hall–Kier alpha value is -1.69. The summed E-state index contributed by atoms with van der Waals surface area (Å²) in [6.07, 6.45) is 1.09. The molecule has 0 saturated carbocycles. The van der Waals surface area contributed by atoms with Crippen LogP contribution in [0, 0.1) is 5.92 Å². The summed E-state index contributed by atoms with van der Waals surface area (Å²) >= 11 is 1.79. The average molecular weight is 320 g/mol. The number of carboxylic acid groups (broad SMARTS) is 1. The van der Waals surface area contributed by atoms with Crippen LogP contribution in [-0.4, -0.2) is 46.9 Å². The summed E-state index contributed by atoms with van der Waals surface area (Å²) in [7, 11) is 0. The van der Waals surface area contributed by atoms with Gasteiger partial charge in [-0.3, -0.25) is 9.69 Å². The predicted octanol–water partition coefficient (Wildman–Crippen LogP) is 2.90. The van der Waals surface area contributed by atoms with Crippen molar-refractivity contribution in [3.05, 3.63) is 24.3 Å². The molecule has 2 aliphatic heterocycles. The molecule has 1 fully saturated rings. The molecule has 1 N–H and O–H groups in total. The molecule has 2 heterocycles. The van der Waals surface area contributed by atoms with Gasteiger partial charge in [-0.25, -0.2) is 4.79 Å². The van der Waals surface area contributed by atoms with Gasteiger partial charge in [-0.15, -0.1) is 11.8 Å². The van der Waals surface area contributed by atoms with Crippen molar-refractivity contribution in [2.45, 2.75) is 29.9 Å². The minimum atomic E-state index is -0.750. The smallest absolute Gasteiger partial charge is 0.324 e. The van der Waals surface area contributed by atoms with E-state index in [1.54, 1.807) is 16.7 Å². The molecule has 0 bridgehead atoms. The van der Waals surface area contributed by atoms with Crippen LogP contribution in [0.5, 0.6) is 0 Å². The number of rotatable bonds is 1. The fourth-order valence-electron chi connectivity index (χ4n) is 3.06. The molecule has 1 aromatic carbocycles. The first-order valence-corrected chi connectivity index (χ1v) is 8.49. The molecule has 0 aliphatic carbocycles. The molecule has 5 nitrogen and oxygen atoms in total. The third-order valence-electron chi connectivity index (χ3n) is 4.27. The molecular weight excluding hydrogens is 300 g/mol. The zero-order valence-corrected chi connectivity index (χ0v) is 13.4. The van der Waals surface area contributed by atoms with Crippen LogP contribution < -0.4 is 4.90 Å². The fourth-order valence-corrected chi connectivity index (χ4v) is 4.17. The van der Waals surface area contributed by atoms with Crippen molar-refractivity contribution in [3.63, 3.8) is 0 Å². The lowest BCUT2D eigenvalue weighted by Crippen LogP contribution is -2.50.